The number of nitriles is 1. The van der Waals surface area contributed by atoms with Crippen molar-refractivity contribution in [2.24, 2.45) is 0 Å². The minimum atomic E-state index is -0.467. The van der Waals surface area contributed by atoms with Gasteiger partial charge in [-0.2, -0.15) is 5.26 Å². The fourth-order valence-corrected chi connectivity index (χ4v) is 5.20. The van der Waals surface area contributed by atoms with E-state index < -0.39 is 5.60 Å². The number of nitrogens with zero attached hydrogens (tertiary/aromatic N) is 4. The molecule has 0 aliphatic heterocycles. The summed E-state index contributed by atoms with van der Waals surface area (Å²) in [4.78, 5) is 31.2. The molecule has 0 unspecified atom stereocenters. The van der Waals surface area contributed by atoms with Gasteiger partial charge >= 0.3 is 5.69 Å². The van der Waals surface area contributed by atoms with E-state index in [1.54, 1.807) is 35.9 Å². The third-order valence-corrected chi connectivity index (χ3v) is 6.82. The highest BCUT2D eigenvalue weighted by Crippen LogP contribution is 2.34. The molecule has 1 aliphatic carbocycles. The number of methoxy groups -OCH3 is 1. The van der Waals surface area contributed by atoms with Crippen LogP contribution in [0.5, 0.6) is 5.75 Å². The number of halogens is 1. The van der Waals surface area contributed by atoms with Crippen molar-refractivity contribution in [3.63, 3.8) is 0 Å². The lowest BCUT2D eigenvalue weighted by Crippen LogP contribution is -2.42. The highest BCUT2D eigenvalue weighted by molar-refractivity contribution is 6.32. The summed E-state index contributed by atoms with van der Waals surface area (Å²) in [6.07, 6.45) is 3.66. The predicted molar refractivity (Wildman–Crippen MR) is 138 cm³/mol. The summed E-state index contributed by atoms with van der Waals surface area (Å²) in [7, 11) is 1.56. The Morgan fingerprint density at radius 1 is 1.14 bits per heavy atom. The van der Waals surface area contributed by atoms with Gasteiger partial charge < -0.3 is 4.74 Å². The first-order valence-corrected chi connectivity index (χ1v) is 12.4. The van der Waals surface area contributed by atoms with Crippen LogP contribution in [0.3, 0.4) is 0 Å². The summed E-state index contributed by atoms with van der Waals surface area (Å²) in [6.45, 7) is 6.05. The lowest BCUT2D eigenvalue weighted by atomic mass is 9.90. The van der Waals surface area contributed by atoms with Gasteiger partial charge in [-0.3, -0.25) is 18.8 Å². The summed E-state index contributed by atoms with van der Waals surface area (Å²) >= 11 is 6.32. The van der Waals surface area contributed by atoms with Crippen molar-refractivity contribution >= 4 is 29.0 Å². The van der Waals surface area contributed by atoms with Crippen LogP contribution in [0.1, 0.15) is 63.6 Å². The van der Waals surface area contributed by atoms with Gasteiger partial charge in [-0.05, 0) is 82.3 Å². The van der Waals surface area contributed by atoms with Crippen molar-refractivity contribution in [3.8, 4) is 11.8 Å². The number of hydrogen-bond acceptors (Lipinski definition) is 5. The lowest BCUT2D eigenvalue weighted by molar-refractivity contribution is -0.236. The molecule has 4 rings (SSSR count). The van der Waals surface area contributed by atoms with Crippen molar-refractivity contribution in [3.05, 3.63) is 63.0 Å². The Morgan fingerprint density at radius 3 is 2.44 bits per heavy atom. The van der Waals surface area contributed by atoms with Gasteiger partial charge in [0.2, 0.25) is 6.41 Å². The van der Waals surface area contributed by atoms with Gasteiger partial charge in [-0.1, -0.05) is 17.7 Å². The molecule has 0 radical (unpaired) electrons. The van der Waals surface area contributed by atoms with Gasteiger partial charge in [0.05, 0.1) is 53.0 Å². The number of aromatic nitrogens is 2. The molecule has 1 aliphatic rings. The lowest BCUT2D eigenvalue weighted by Gasteiger charge is -2.37. The summed E-state index contributed by atoms with van der Waals surface area (Å²) in [5.41, 5.74) is 2.25. The zero-order valence-electron chi connectivity index (χ0n) is 21.0. The van der Waals surface area contributed by atoms with Crippen LogP contribution in [-0.4, -0.2) is 39.4 Å². The van der Waals surface area contributed by atoms with Gasteiger partial charge in [-0.25, -0.2) is 9.86 Å². The van der Waals surface area contributed by atoms with Crippen LogP contribution in [0.4, 0.5) is 0 Å². The summed E-state index contributed by atoms with van der Waals surface area (Å²) < 4.78 is 8.78. The highest BCUT2D eigenvalue weighted by atomic mass is 35.5. The maximum atomic E-state index is 13.8. The predicted octanol–water partition coefficient (Wildman–Crippen LogP) is 5.06. The first-order valence-electron chi connectivity index (χ1n) is 12.0. The number of carbonyl (C=O) groups is 1. The van der Waals surface area contributed by atoms with E-state index in [0.717, 1.165) is 43.2 Å². The smallest absolute Gasteiger partial charge is 0.329 e. The van der Waals surface area contributed by atoms with E-state index in [-0.39, 0.29) is 17.8 Å². The van der Waals surface area contributed by atoms with Gasteiger partial charge in [0.1, 0.15) is 5.75 Å². The highest BCUT2D eigenvalue weighted by Gasteiger charge is 2.31. The fraction of sp³-hybridized carbons (Fsp3) is 0.444. The molecule has 3 aromatic rings. The van der Waals surface area contributed by atoms with E-state index in [0.29, 0.717) is 28.4 Å². The number of carbonyl (C=O) groups excluding carboxylic acids is 1. The number of hydrogen-bond donors (Lipinski definition) is 0. The molecular weight excluding hydrogens is 480 g/mol. The van der Waals surface area contributed by atoms with Crippen LogP contribution in [0.25, 0.3) is 11.0 Å². The van der Waals surface area contributed by atoms with Crippen LogP contribution in [0.2, 0.25) is 5.02 Å². The van der Waals surface area contributed by atoms with Gasteiger partial charge in [0.15, 0.2) is 0 Å². The maximum Gasteiger partial charge on any atom is 0.329 e. The quantitative estimate of drug-likeness (QED) is 0.327. The Morgan fingerprint density at radius 2 is 1.86 bits per heavy atom. The topological polar surface area (TPSA) is 89.5 Å². The van der Waals surface area contributed by atoms with E-state index in [1.165, 1.54) is 5.06 Å². The van der Waals surface area contributed by atoms with E-state index in [1.807, 2.05) is 37.5 Å². The molecule has 1 heterocycles. The van der Waals surface area contributed by atoms with Crippen molar-refractivity contribution < 1.29 is 14.4 Å². The van der Waals surface area contributed by atoms with Crippen LogP contribution in [0.15, 0.2) is 41.2 Å². The molecule has 2 aromatic carbocycles. The molecule has 1 aromatic heterocycles. The second-order valence-corrected chi connectivity index (χ2v) is 10.6. The van der Waals surface area contributed by atoms with Gasteiger partial charge in [0, 0.05) is 6.04 Å². The molecule has 190 valence electrons. The Balaban J connectivity index is 1.66. The van der Waals surface area contributed by atoms with Gasteiger partial charge in [-0.15, -0.1) is 0 Å². The van der Waals surface area contributed by atoms with Crippen molar-refractivity contribution in [2.75, 3.05) is 7.11 Å². The molecule has 0 spiro atoms. The molecule has 8 nitrogen and oxygen atoms in total. The average Bonchev–Trinajstić information content (AvgIpc) is 3.12. The Bertz CT molecular complexity index is 1360. The summed E-state index contributed by atoms with van der Waals surface area (Å²) in [6, 6.07) is 12.9. The third kappa shape index (κ3) is 5.28. The minimum Gasteiger partial charge on any atom is -0.495 e. The van der Waals surface area contributed by atoms with Crippen LogP contribution < -0.4 is 10.4 Å². The molecular formula is C27H31ClN4O4. The SMILES string of the molecule is COc1ccc(Cn2c(=O)n(C3CCC(N(C=O)OC(C)(C)C)CC3)c3ccc(C#N)cc32)cc1Cl. The number of rotatable bonds is 7. The molecule has 0 bridgehead atoms. The number of fused-ring (bicyclic) bond motifs is 1. The monoisotopic (exact) mass is 510 g/mol. The Labute approximate surface area is 215 Å². The fourth-order valence-electron chi connectivity index (χ4n) is 4.91. The molecule has 36 heavy (non-hydrogen) atoms. The largest absolute Gasteiger partial charge is 0.495 e. The van der Waals surface area contributed by atoms with Crippen molar-refractivity contribution in [1.82, 2.24) is 14.2 Å². The molecule has 1 saturated carbocycles. The standard InChI is InChI=1S/C27H31ClN4O4/c1-27(2,3)36-31(17-33)20-7-9-21(10-8-20)32-23-11-5-18(15-29)14-24(23)30(26(32)34)16-19-6-12-25(35-4)22(28)13-19/h5-6,11-14,17,20-21H,7-10,16H2,1-4H3. The van der Waals surface area contributed by atoms with Gasteiger partial charge in [0.25, 0.3) is 0 Å². The van der Waals surface area contributed by atoms with Crippen LogP contribution in [0, 0.1) is 11.3 Å². The van der Waals surface area contributed by atoms with E-state index >= 15 is 0 Å². The Kier molecular flexibility index (Phi) is 7.43. The second-order valence-electron chi connectivity index (χ2n) is 10.2. The molecule has 1 amide bonds. The van der Waals surface area contributed by atoms with Crippen molar-refractivity contribution in [1.29, 1.82) is 5.26 Å². The molecule has 0 saturated heterocycles. The van der Waals surface area contributed by atoms with E-state index in [9.17, 15) is 14.9 Å². The maximum absolute atomic E-state index is 13.8. The minimum absolute atomic E-state index is 0.0203. The molecule has 0 atom stereocenters. The Hall–Kier alpha value is -3.28. The normalized spacial score (nSPS) is 18.1. The number of ether oxygens (including phenoxy) is 1. The number of imidazole rings is 1. The summed E-state index contributed by atoms with van der Waals surface area (Å²) in [5, 5.41) is 11.4. The first-order chi connectivity index (χ1) is 17.1. The second kappa shape index (κ2) is 10.4. The number of amides is 1. The average molecular weight is 511 g/mol. The van der Waals surface area contributed by atoms with Crippen LogP contribution >= 0.6 is 11.6 Å². The zero-order valence-corrected chi connectivity index (χ0v) is 21.8. The number of hydroxylamine groups is 2. The van der Waals surface area contributed by atoms with E-state index in [4.69, 9.17) is 21.2 Å². The summed E-state index contributed by atoms with van der Waals surface area (Å²) in [5.74, 6) is 0.568. The number of benzene rings is 2. The van der Waals surface area contributed by atoms with E-state index in [2.05, 4.69) is 6.07 Å². The molecule has 9 heteroatoms. The molecule has 0 N–H and O–H groups in total. The molecule has 1 fully saturated rings. The van der Waals surface area contributed by atoms with Crippen LogP contribution in [-0.2, 0) is 16.2 Å². The van der Waals surface area contributed by atoms with Crippen molar-refractivity contribution in [2.45, 2.75) is 70.7 Å². The third-order valence-electron chi connectivity index (χ3n) is 6.52. The first kappa shape index (κ1) is 25.8. The zero-order chi connectivity index (χ0) is 26.0.